The summed E-state index contributed by atoms with van der Waals surface area (Å²) in [6, 6.07) is 8.02. The minimum atomic E-state index is -1.22. The molecule has 118 valence electrons. The number of halogens is 1. The van der Waals surface area contributed by atoms with Crippen molar-refractivity contribution in [1.82, 2.24) is 0 Å². The molecule has 2 aromatic carbocycles. The van der Waals surface area contributed by atoms with Crippen LogP contribution in [0, 0.1) is 10.1 Å². The molecule has 1 heterocycles. The number of carboxylic acids is 1. The number of hydrogen-bond acceptors (Lipinski definition) is 5. The minimum absolute atomic E-state index is 0.143. The van der Waals surface area contributed by atoms with E-state index < -0.39 is 17.0 Å². The Morgan fingerprint density at radius 2 is 2.00 bits per heavy atom. The molecule has 1 aromatic heterocycles. The van der Waals surface area contributed by atoms with Crippen LogP contribution >= 0.6 is 15.9 Å². The summed E-state index contributed by atoms with van der Waals surface area (Å²) in [6.07, 6.45) is -1.22. The third-order valence-corrected chi connectivity index (χ3v) is 3.86. The van der Waals surface area contributed by atoms with Crippen LogP contribution in [0.4, 0.5) is 5.69 Å². The van der Waals surface area contributed by atoms with E-state index in [0.717, 1.165) is 9.86 Å². The number of carboxylic acid groups (broad SMARTS) is 1. The van der Waals surface area contributed by atoms with Crippen molar-refractivity contribution in [3.05, 3.63) is 44.9 Å². The normalized spacial score (nSPS) is 12.4. The zero-order chi connectivity index (χ0) is 16.7. The SMILES string of the molecule is CC(Oc1cc2oc3cc(Br)ccc3c2cc1[N+](=O)[O-])C(=O)O. The average molecular weight is 380 g/mol. The third-order valence-electron chi connectivity index (χ3n) is 3.36. The lowest BCUT2D eigenvalue weighted by Gasteiger charge is -2.10. The first-order chi connectivity index (χ1) is 10.9. The molecule has 0 saturated carbocycles. The quantitative estimate of drug-likeness (QED) is 0.540. The number of benzene rings is 2. The van der Waals surface area contributed by atoms with E-state index in [-0.39, 0.29) is 11.4 Å². The van der Waals surface area contributed by atoms with Gasteiger partial charge in [0.2, 0.25) is 5.75 Å². The van der Waals surface area contributed by atoms with Crippen molar-refractivity contribution in [2.75, 3.05) is 0 Å². The van der Waals surface area contributed by atoms with Crippen LogP contribution < -0.4 is 4.74 Å². The topological polar surface area (TPSA) is 103 Å². The summed E-state index contributed by atoms with van der Waals surface area (Å²) in [5.41, 5.74) is 0.639. The molecule has 0 fully saturated rings. The number of hydrogen-bond donors (Lipinski definition) is 1. The summed E-state index contributed by atoms with van der Waals surface area (Å²) in [4.78, 5) is 21.6. The van der Waals surface area contributed by atoms with Crippen LogP contribution in [0.1, 0.15) is 6.92 Å². The Morgan fingerprint density at radius 1 is 1.30 bits per heavy atom. The molecule has 23 heavy (non-hydrogen) atoms. The van der Waals surface area contributed by atoms with E-state index in [1.54, 1.807) is 18.2 Å². The van der Waals surface area contributed by atoms with Gasteiger partial charge in [0, 0.05) is 27.4 Å². The van der Waals surface area contributed by atoms with Gasteiger partial charge in [0.15, 0.2) is 6.10 Å². The van der Waals surface area contributed by atoms with Crippen molar-refractivity contribution in [2.45, 2.75) is 13.0 Å². The summed E-state index contributed by atoms with van der Waals surface area (Å²) >= 11 is 3.33. The number of nitrogens with zero attached hydrogens (tertiary/aromatic N) is 1. The summed E-state index contributed by atoms with van der Waals surface area (Å²) < 4.78 is 11.7. The van der Waals surface area contributed by atoms with E-state index in [1.807, 2.05) is 0 Å². The van der Waals surface area contributed by atoms with Gasteiger partial charge >= 0.3 is 11.7 Å². The summed E-state index contributed by atoms with van der Waals surface area (Å²) in [5, 5.41) is 21.5. The highest BCUT2D eigenvalue weighted by atomic mass is 79.9. The number of carbonyl (C=O) groups is 1. The van der Waals surface area contributed by atoms with E-state index in [2.05, 4.69) is 15.9 Å². The van der Waals surface area contributed by atoms with Gasteiger partial charge in [-0.15, -0.1) is 0 Å². The van der Waals surface area contributed by atoms with Gasteiger partial charge in [-0.3, -0.25) is 10.1 Å². The van der Waals surface area contributed by atoms with Crippen LogP contribution in [0.15, 0.2) is 39.2 Å². The monoisotopic (exact) mass is 379 g/mol. The van der Waals surface area contributed by atoms with Crippen molar-refractivity contribution in [3.63, 3.8) is 0 Å². The second kappa shape index (κ2) is 5.54. The molecule has 0 spiro atoms. The number of aliphatic carboxylic acids is 1. The average Bonchev–Trinajstić information content (AvgIpc) is 2.82. The lowest BCUT2D eigenvalue weighted by molar-refractivity contribution is -0.385. The van der Waals surface area contributed by atoms with Crippen molar-refractivity contribution < 1.29 is 24.0 Å². The molecular formula is C15H10BrNO6. The molecule has 8 heteroatoms. The van der Waals surface area contributed by atoms with Crippen molar-refractivity contribution in [3.8, 4) is 5.75 Å². The Hall–Kier alpha value is -2.61. The van der Waals surface area contributed by atoms with Gasteiger partial charge in [-0.1, -0.05) is 15.9 Å². The van der Waals surface area contributed by atoms with Crippen LogP contribution in [-0.2, 0) is 4.79 Å². The lowest BCUT2D eigenvalue weighted by atomic mass is 10.1. The van der Waals surface area contributed by atoms with Gasteiger partial charge < -0.3 is 14.3 Å². The standard InChI is InChI=1S/C15H10BrNO6/c1-7(15(18)19)22-14-6-13-10(5-11(14)17(20)21)9-3-2-8(16)4-12(9)23-13/h2-7H,1H3,(H,18,19). The summed E-state index contributed by atoms with van der Waals surface area (Å²) in [7, 11) is 0. The van der Waals surface area contributed by atoms with Gasteiger partial charge in [0.1, 0.15) is 11.2 Å². The number of rotatable bonds is 4. The fraction of sp³-hybridized carbons (Fsp3) is 0.133. The minimum Gasteiger partial charge on any atom is -0.479 e. The van der Waals surface area contributed by atoms with Gasteiger partial charge in [0.05, 0.1) is 4.92 Å². The first kappa shape index (κ1) is 15.3. The molecule has 1 unspecified atom stereocenters. The van der Waals surface area contributed by atoms with E-state index >= 15 is 0 Å². The van der Waals surface area contributed by atoms with E-state index in [9.17, 15) is 14.9 Å². The molecule has 0 saturated heterocycles. The second-order valence-electron chi connectivity index (χ2n) is 4.91. The number of nitro benzene ring substituents is 1. The van der Waals surface area contributed by atoms with E-state index in [1.165, 1.54) is 19.1 Å². The smallest absolute Gasteiger partial charge is 0.344 e. The maximum absolute atomic E-state index is 11.3. The first-order valence-corrected chi connectivity index (χ1v) is 7.36. The second-order valence-corrected chi connectivity index (χ2v) is 5.83. The Labute approximate surface area is 137 Å². The number of ether oxygens (including phenoxy) is 1. The molecule has 7 nitrogen and oxygen atoms in total. The molecule has 0 aliphatic rings. The molecule has 0 aliphatic carbocycles. The fourth-order valence-electron chi connectivity index (χ4n) is 2.24. The summed E-state index contributed by atoms with van der Waals surface area (Å²) in [5.74, 6) is -1.36. The highest BCUT2D eigenvalue weighted by molar-refractivity contribution is 9.10. The van der Waals surface area contributed by atoms with Crippen molar-refractivity contribution in [2.24, 2.45) is 0 Å². The fourth-order valence-corrected chi connectivity index (χ4v) is 2.58. The number of fused-ring (bicyclic) bond motifs is 3. The highest BCUT2D eigenvalue weighted by Gasteiger charge is 2.23. The lowest BCUT2D eigenvalue weighted by Crippen LogP contribution is -2.23. The van der Waals surface area contributed by atoms with Gasteiger partial charge in [0.25, 0.3) is 0 Å². The largest absolute Gasteiger partial charge is 0.479 e. The molecule has 1 N–H and O–H groups in total. The maximum atomic E-state index is 11.3. The Balaban J connectivity index is 2.23. The molecule has 0 bridgehead atoms. The zero-order valence-electron chi connectivity index (χ0n) is 11.8. The predicted octanol–water partition coefficient (Wildman–Crippen LogP) is 4.11. The van der Waals surface area contributed by atoms with Crippen molar-refractivity contribution >= 4 is 49.5 Å². The first-order valence-electron chi connectivity index (χ1n) is 6.56. The van der Waals surface area contributed by atoms with Gasteiger partial charge in [-0.2, -0.15) is 0 Å². The van der Waals surface area contributed by atoms with Crippen LogP contribution in [-0.4, -0.2) is 22.1 Å². The van der Waals surface area contributed by atoms with Crippen LogP contribution in [0.5, 0.6) is 5.75 Å². The molecular weight excluding hydrogens is 370 g/mol. The molecule has 0 amide bonds. The molecule has 0 radical (unpaired) electrons. The Kier molecular flexibility index (Phi) is 3.69. The maximum Gasteiger partial charge on any atom is 0.344 e. The number of furan rings is 1. The van der Waals surface area contributed by atoms with Gasteiger partial charge in [-0.25, -0.2) is 4.79 Å². The number of nitro groups is 1. The molecule has 3 aromatic rings. The van der Waals surface area contributed by atoms with Crippen LogP contribution in [0.2, 0.25) is 0 Å². The van der Waals surface area contributed by atoms with Crippen molar-refractivity contribution in [1.29, 1.82) is 0 Å². The third kappa shape index (κ3) is 2.72. The highest BCUT2D eigenvalue weighted by Crippen LogP contribution is 2.38. The Morgan fingerprint density at radius 3 is 2.65 bits per heavy atom. The molecule has 1 atom stereocenters. The van der Waals surface area contributed by atoms with Crippen LogP contribution in [0.25, 0.3) is 21.9 Å². The Bertz CT molecular complexity index is 948. The summed E-state index contributed by atoms with van der Waals surface area (Å²) in [6.45, 7) is 1.30. The van der Waals surface area contributed by atoms with E-state index in [4.69, 9.17) is 14.3 Å². The van der Waals surface area contributed by atoms with Gasteiger partial charge in [-0.05, 0) is 25.1 Å². The molecule has 3 rings (SSSR count). The van der Waals surface area contributed by atoms with Crippen LogP contribution in [0.3, 0.4) is 0 Å². The zero-order valence-corrected chi connectivity index (χ0v) is 13.4. The molecule has 0 aliphatic heterocycles. The van der Waals surface area contributed by atoms with E-state index in [0.29, 0.717) is 16.6 Å². The predicted molar refractivity (Wildman–Crippen MR) is 85.8 cm³/mol.